The normalized spacial score (nSPS) is 30.2. The van der Waals surface area contributed by atoms with Crippen LogP contribution in [0.4, 0.5) is 0 Å². The molecule has 0 bridgehead atoms. The monoisotopic (exact) mass is 276 g/mol. The highest BCUT2D eigenvalue weighted by Crippen LogP contribution is 2.26. The predicted molar refractivity (Wildman–Crippen MR) is 70.7 cm³/mol. The Morgan fingerprint density at radius 1 is 1.28 bits per heavy atom. The zero-order valence-electron chi connectivity index (χ0n) is 11.0. The first-order valence-corrected chi connectivity index (χ1v) is 8.34. The third-order valence-electron chi connectivity index (χ3n) is 4.11. The molecule has 2 heterocycles. The van der Waals surface area contributed by atoms with Gasteiger partial charge in [0.25, 0.3) is 0 Å². The van der Waals surface area contributed by atoms with Gasteiger partial charge in [0.15, 0.2) is 0 Å². The van der Waals surface area contributed by atoms with E-state index in [2.05, 4.69) is 0 Å². The summed E-state index contributed by atoms with van der Waals surface area (Å²) in [5.74, 6) is 0.299. The van der Waals surface area contributed by atoms with Crippen LogP contribution in [0.1, 0.15) is 32.6 Å². The summed E-state index contributed by atoms with van der Waals surface area (Å²) < 4.78 is 32.0. The maximum absolute atomic E-state index is 12.5. The van der Waals surface area contributed by atoms with Gasteiger partial charge in [-0.25, -0.2) is 12.7 Å². The molecule has 18 heavy (non-hydrogen) atoms. The Labute approximate surface area is 110 Å². The van der Waals surface area contributed by atoms with E-state index in [9.17, 15) is 8.42 Å². The van der Waals surface area contributed by atoms with Crippen molar-refractivity contribution in [1.29, 1.82) is 0 Å². The minimum Gasteiger partial charge on any atom is -0.381 e. The summed E-state index contributed by atoms with van der Waals surface area (Å²) >= 11 is 0. The van der Waals surface area contributed by atoms with Crippen LogP contribution in [0.3, 0.4) is 0 Å². The number of nitrogens with two attached hydrogens (primary N) is 1. The average Bonchev–Trinajstić information content (AvgIpc) is 2.40. The van der Waals surface area contributed by atoms with Crippen molar-refractivity contribution in [2.75, 3.05) is 26.3 Å². The zero-order valence-corrected chi connectivity index (χ0v) is 11.9. The average molecular weight is 276 g/mol. The van der Waals surface area contributed by atoms with Gasteiger partial charge in [0.2, 0.25) is 10.0 Å². The van der Waals surface area contributed by atoms with Crippen LogP contribution >= 0.6 is 0 Å². The van der Waals surface area contributed by atoms with Crippen molar-refractivity contribution >= 4 is 10.0 Å². The van der Waals surface area contributed by atoms with E-state index < -0.39 is 10.0 Å². The Kier molecular flexibility index (Phi) is 4.64. The van der Waals surface area contributed by atoms with E-state index in [1.54, 1.807) is 4.31 Å². The molecule has 106 valence electrons. The molecule has 0 aliphatic carbocycles. The van der Waals surface area contributed by atoms with Crippen LogP contribution in [0, 0.1) is 5.92 Å². The molecule has 0 saturated carbocycles. The summed E-state index contributed by atoms with van der Waals surface area (Å²) in [6, 6.07) is 0.0673. The van der Waals surface area contributed by atoms with Crippen molar-refractivity contribution in [3.8, 4) is 0 Å². The van der Waals surface area contributed by atoms with Crippen LogP contribution < -0.4 is 5.73 Å². The second kappa shape index (κ2) is 5.86. The number of nitrogens with zero attached hydrogens (tertiary/aromatic N) is 1. The first kappa shape index (κ1) is 14.2. The van der Waals surface area contributed by atoms with Gasteiger partial charge < -0.3 is 10.5 Å². The van der Waals surface area contributed by atoms with Crippen molar-refractivity contribution < 1.29 is 13.2 Å². The molecule has 0 radical (unpaired) electrons. The van der Waals surface area contributed by atoms with Crippen LogP contribution in [0.5, 0.6) is 0 Å². The van der Waals surface area contributed by atoms with Crippen molar-refractivity contribution in [3.63, 3.8) is 0 Å². The first-order chi connectivity index (χ1) is 8.51. The molecule has 2 unspecified atom stereocenters. The summed E-state index contributed by atoms with van der Waals surface area (Å²) in [4.78, 5) is 0. The van der Waals surface area contributed by atoms with Crippen molar-refractivity contribution in [3.05, 3.63) is 0 Å². The summed E-state index contributed by atoms with van der Waals surface area (Å²) in [5.41, 5.74) is 5.91. The molecule has 6 heteroatoms. The molecule has 0 aromatic carbocycles. The van der Waals surface area contributed by atoms with Gasteiger partial charge >= 0.3 is 0 Å². The predicted octanol–water partition coefficient (Wildman–Crippen LogP) is 0.554. The third kappa shape index (κ3) is 3.04. The molecule has 2 aliphatic heterocycles. The number of sulfonamides is 1. The van der Waals surface area contributed by atoms with Gasteiger partial charge in [-0.2, -0.15) is 0 Å². The van der Waals surface area contributed by atoms with Crippen LogP contribution in [-0.2, 0) is 14.8 Å². The lowest BCUT2D eigenvalue weighted by Gasteiger charge is -2.36. The Balaban J connectivity index is 2.04. The minimum absolute atomic E-state index is 0.0673. The molecule has 2 N–H and O–H groups in total. The Morgan fingerprint density at radius 2 is 1.94 bits per heavy atom. The number of rotatable bonds is 3. The highest BCUT2D eigenvalue weighted by atomic mass is 32.2. The molecule has 2 atom stereocenters. The van der Waals surface area contributed by atoms with E-state index in [0.717, 1.165) is 12.8 Å². The first-order valence-electron chi connectivity index (χ1n) is 6.84. The van der Waals surface area contributed by atoms with Gasteiger partial charge in [-0.1, -0.05) is 0 Å². The van der Waals surface area contributed by atoms with E-state index in [1.807, 2.05) is 6.92 Å². The van der Waals surface area contributed by atoms with Crippen LogP contribution in [0.2, 0.25) is 0 Å². The molecule has 0 amide bonds. The molecule has 2 saturated heterocycles. The van der Waals surface area contributed by atoms with Gasteiger partial charge in [-0.3, -0.25) is 0 Å². The molecule has 0 aromatic rings. The van der Waals surface area contributed by atoms with Crippen LogP contribution in [0.25, 0.3) is 0 Å². The van der Waals surface area contributed by atoms with Crippen molar-refractivity contribution in [1.82, 2.24) is 4.31 Å². The van der Waals surface area contributed by atoms with Crippen LogP contribution in [0.15, 0.2) is 0 Å². The molecular formula is C12H24N2O3S. The maximum atomic E-state index is 12.5. The number of ether oxygens (including phenoxy) is 1. The van der Waals surface area contributed by atoms with Gasteiger partial charge in [0, 0.05) is 32.3 Å². The fourth-order valence-corrected chi connectivity index (χ4v) is 4.81. The van der Waals surface area contributed by atoms with Gasteiger partial charge in [-0.05, 0) is 38.5 Å². The molecule has 5 nitrogen and oxygen atoms in total. The molecular weight excluding hydrogens is 252 g/mol. The fourth-order valence-electron chi connectivity index (χ4n) is 2.82. The highest BCUT2D eigenvalue weighted by Gasteiger charge is 2.36. The smallest absolute Gasteiger partial charge is 0.217 e. The molecule has 2 rings (SSSR count). The standard InChI is InChI=1S/C12H24N2O3S/c1-10(13)11-3-2-6-14(9-11)18(15,16)12-4-7-17-8-5-12/h10-12H,2-9,13H2,1H3. The number of hydrogen-bond acceptors (Lipinski definition) is 4. The second-order valence-corrected chi connectivity index (χ2v) is 7.69. The third-order valence-corrected chi connectivity index (χ3v) is 6.48. The zero-order chi connectivity index (χ0) is 13.2. The van der Waals surface area contributed by atoms with E-state index >= 15 is 0 Å². The summed E-state index contributed by atoms with van der Waals surface area (Å²) in [6.07, 6.45) is 3.22. The SMILES string of the molecule is CC(N)C1CCCN(S(=O)(=O)C2CCOCC2)C1. The number of hydrogen-bond donors (Lipinski definition) is 1. The Morgan fingerprint density at radius 3 is 2.56 bits per heavy atom. The molecule has 2 aliphatic rings. The molecule has 0 aromatic heterocycles. The summed E-state index contributed by atoms with van der Waals surface area (Å²) in [7, 11) is -3.15. The van der Waals surface area contributed by atoms with Crippen LogP contribution in [-0.4, -0.2) is 50.3 Å². The van der Waals surface area contributed by atoms with Gasteiger partial charge in [0.05, 0.1) is 5.25 Å². The highest BCUT2D eigenvalue weighted by molar-refractivity contribution is 7.89. The number of piperidine rings is 1. The minimum atomic E-state index is -3.15. The lowest BCUT2D eigenvalue weighted by Crippen LogP contribution is -2.48. The fraction of sp³-hybridized carbons (Fsp3) is 1.00. The lowest BCUT2D eigenvalue weighted by atomic mass is 9.93. The second-order valence-electron chi connectivity index (χ2n) is 5.48. The lowest BCUT2D eigenvalue weighted by molar-refractivity contribution is 0.0965. The van der Waals surface area contributed by atoms with E-state index in [0.29, 0.717) is 45.1 Å². The van der Waals surface area contributed by atoms with E-state index in [-0.39, 0.29) is 11.3 Å². The molecule has 2 fully saturated rings. The molecule has 0 spiro atoms. The summed E-state index contributed by atoms with van der Waals surface area (Å²) in [5, 5.41) is -0.252. The van der Waals surface area contributed by atoms with Gasteiger partial charge in [-0.15, -0.1) is 0 Å². The van der Waals surface area contributed by atoms with Crippen molar-refractivity contribution in [2.45, 2.75) is 43.9 Å². The van der Waals surface area contributed by atoms with E-state index in [1.165, 1.54) is 0 Å². The topological polar surface area (TPSA) is 72.6 Å². The van der Waals surface area contributed by atoms with E-state index in [4.69, 9.17) is 10.5 Å². The van der Waals surface area contributed by atoms with Gasteiger partial charge in [0.1, 0.15) is 0 Å². The summed E-state index contributed by atoms with van der Waals surface area (Å²) in [6.45, 7) is 4.35. The van der Waals surface area contributed by atoms with Crippen molar-refractivity contribution in [2.24, 2.45) is 11.7 Å². The Bertz CT molecular complexity index is 364. The quantitative estimate of drug-likeness (QED) is 0.817. The largest absolute Gasteiger partial charge is 0.381 e. The maximum Gasteiger partial charge on any atom is 0.217 e. The Hall–Kier alpha value is -0.170.